The standard InChI is InChI=1S/Ca.La.Mn.H2O.Pr.2H/h;;;1H2;;;/q+2;;;;;2*-1. The molecule has 1 nitrogen and oxygen atoms in total. The second-order valence-corrected chi connectivity index (χ2v) is 0. The topological polar surface area (TPSA) is 31.5 Å². The monoisotopic (exact) mass is 395 g/mol. The van der Waals surface area contributed by atoms with Crippen molar-refractivity contribution in [1.29, 1.82) is 0 Å². The Morgan fingerprint density at radius 1 is 1.20 bits per heavy atom. The Morgan fingerprint density at radius 2 is 1.20 bits per heavy atom. The van der Waals surface area contributed by atoms with Crippen LogP contribution >= 0.6 is 0 Å². The van der Waals surface area contributed by atoms with Gasteiger partial charge in [-0.15, -0.1) is 0 Å². The fourth-order valence-corrected chi connectivity index (χ4v) is 0. The van der Waals surface area contributed by atoms with Crippen LogP contribution in [0.3, 0.4) is 0 Å². The zero-order valence-electron chi connectivity index (χ0n) is 4.74. The van der Waals surface area contributed by atoms with Crippen LogP contribution in [-0.2, 0) is 17.1 Å². The summed E-state index contributed by atoms with van der Waals surface area (Å²) in [6.07, 6.45) is 0. The molecule has 0 aliphatic heterocycles. The number of rotatable bonds is 0. The summed E-state index contributed by atoms with van der Waals surface area (Å²) in [7, 11) is 0. The molecule has 25 valence electrons. The van der Waals surface area contributed by atoms with Gasteiger partial charge in [-0.05, 0) is 0 Å². The summed E-state index contributed by atoms with van der Waals surface area (Å²) in [6.45, 7) is 0. The first kappa shape index (κ1) is 34.7. The first-order valence-corrected chi connectivity index (χ1v) is 0. The Labute approximate surface area is 136 Å². The molecule has 0 saturated heterocycles. The predicted molar refractivity (Wildman–Crippen MR) is 11.6 cm³/mol. The van der Waals surface area contributed by atoms with Crippen LogP contribution in [0.15, 0.2) is 0 Å². The van der Waals surface area contributed by atoms with E-state index in [2.05, 4.69) is 0 Å². The summed E-state index contributed by atoms with van der Waals surface area (Å²) < 4.78 is 0. The van der Waals surface area contributed by atoms with E-state index in [1.54, 1.807) is 0 Å². The van der Waals surface area contributed by atoms with Crippen molar-refractivity contribution in [2.45, 2.75) is 0 Å². The molecule has 0 unspecified atom stereocenters. The van der Waals surface area contributed by atoms with Crippen molar-refractivity contribution in [3.63, 3.8) is 0 Å². The third kappa shape index (κ3) is 17.8. The summed E-state index contributed by atoms with van der Waals surface area (Å²) in [5, 5.41) is 0. The van der Waals surface area contributed by atoms with Gasteiger partial charge in [0.15, 0.2) is 0 Å². The molecule has 0 fully saturated rings. The molecule has 0 bridgehead atoms. The number of hydrogen-bond acceptors (Lipinski definition) is 0. The molecule has 3 radical (unpaired) electrons. The molecule has 0 amide bonds. The molecular formula is H4CaLaMnOPr. The van der Waals surface area contributed by atoms with Gasteiger partial charge in [-0.1, -0.05) is 0 Å². The Balaban J connectivity index is 0. The average molecular weight is 395 g/mol. The van der Waals surface area contributed by atoms with Crippen molar-refractivity contribution in [3.05, 3.63) is 0 Å². The van der Waals surface area contributed by atoms with E-state index in [4.69, 9.17) is 0 Å². The first-order chi connectivity index (χ1) is 0. The molecule has 0 aromatic heterocycles. The molecule has 0 rings (SSSR count). The molecule has 0 aromatic carbocycles. The van der Waals surface area contributed by atoms with Crippen LogP contribution in [0, 0.1) is 76.9 Å². The smallest absolute Gasteiger partial charge is 1.00 e. The fraction of sp³-hybridized carbons (Fsp3) is 0. The maximum Gasteiger partial charge on any atom is 2.00 e. The van der Waals surface area contributed by atoms with Crippen molar-refractivity contribution in [2.24, 2.45) is 0 Å². The van der Waals surface area contributed by atoms with E-state index in [1.807, 2.05) is 0 Å². The van der Waals surface area contributed by atoms with Crippen LogP contribution in [0.1, 0.15) is 2.85 Å². The van der Waals surface area contributed by atoms with E-state index in [9.17, 15) is 0 Å². The van der Waals surface area contributed by atoms with Crippen molar-refractivity contribution in [2.75, 3.05) is 0 Å². The van der Waals surface area contributed by atoms with Crippen LogP contribution < -0.4 is 0 Å². The summed E-state index contributed by atoms with van der Waals surface area (Å²) in [6, 6.07) is 0. The molecule has 0 aliphatic rings. The molecule has 0 saturated carbocycles. The SMILES string of the molecule is O.[Ca+2].[H-].[H-].[La].[Mn].[Pr]. The van der Waals surface area contributed by atoms with Gasteiger partial charge in [0.2, 0.25) is 0 Å². The van der Waals surface area contributed by atoms with Gasteiger partial charge in [0.1, 0.15) is 0 Å². The van der Waals surface area contributed by atoms with E-state index in [-0.39, 0.29) is 140 Å². The van der Waals surface area contributed by atoms with Crippen LogP contribution in [0.5, 0.6) is 0 Å². The zero-order valence-corrected chi connectivity index (χ0v) is 13.5. The molecule has 0 atom stereocenters. The minimum atomic E-state index is 0. The molecule has 5 heteroatoms. The summed E-state index contributed by atoms with van der Waals surface area (Å²) in [4.78, 5) is 0. The van der Waals surface area contributed by atoms with Gasteiger partial charge in [-0.2, -0.15) is 0 Å². The molecular weight excluding hydrogens is 391 g/mol. The maximum absolute atomic E-state index is 0. The Hall–Kier alpha value is 4.30. The van der Waals surface area contributed by atoms with Crippen LogP contribution in [-0.4, -0.2) is 43.2 Å². The van der Waals surface area contributed by atoms with Crippen molar-refractivity contribution >= 4 is 37.7 Å². The average Bonchev–Trinajstić information content (AvgIpc) is 0. The Kier molecular flexibility index (Phi) is 166. The van der Waals surface area contributed by atoms with Gasteiger partial charge in [0.05, 0.1) is 0 Å². The predicted octanol–water partition coefficient (Wildman–Crippen LogP) is -0.983. The van der Waals surface area contributed by atoms with Crippen molar-refractivity contribution in [3.8, 4) is 0 Å². The van der Waals surface area contributed by atoms with E-state index in [1.165, 1.54) is 0 Å². The summed E-state index contributed by atoms with van der Waals surface area (Å²) in [5.41, 5.74) is 0. The maximum atomic E-state index is 0. The largest absolute Gasteiger partial charge is 2.00 e. The summed E-state index contributed by atoms with van der Waals surface area (Å²) in [5.74, 6) is 0. The Morgan fingerprint density at radius 3 is 1.20 bits per heavy atom. The van der Waals surface area contributed by atoms with Crippen LogP contribution in [0.2, 0.25) is 0 Å². The van der Waals surface area contributed by atoms with Gasteiger partial charge < -0.3 is 8.33 Å². The minimum absolute atomic E-state index is 0. The molecule has 2 N–H and O–H groups in total. The molecule has 0 heterocycles. The molecule has 0 aromatic rings. The van der Waals surface area contributed by atoms with Crippen LogP contribution in [0.4, 0.5) is 0 Å². The second kappa shape index (κ2) is 23.9. The van der Waals surface area contributed by atoms with Gasteiger partial charge in [0, 0.05) is 94.0 Å². The van der Waals surface area contributed by atoms with Crippen LogP contribution in [0.25, 0.3) is 0 Å². The van der Waals surface area contributed by atoms with E-state index in [0.29, 0.717) is 0 Å². The third-order valence-electron chi connectivity index (χ3n) is 0. The van der Waals surface area contributed by atoms with E-state index in [0.717, 1.165) is 0 Å². The zero-order chi connectivity index (χ0) is 0. The second-order valence-electron chi connectivity index (χ2n) is 0. The Bertz CT molecular complexity index is 17.7. The molecule has 0 spiro atoms. The van der Waals surface area contributed by atoms with Gasteiger partial charge >= 0.3 is 37.7 Å². The van der Waals surface area contributed by atoms with Crippen molar-refractivity contribution < 1.29 is 102 Å². The normalized spacial score (nSPS) is 0. The van der Waals surface area contributed by atoms with Gasteiger partial charge in [-0.25, -0.2) is 0 Å². The van der Waals surface area contributed by atoms with E-state index >= 15 is 0 Å². The molecule has 0 aliphatic carbocycles. The summed E-state index contributed by atoms with van der Waals surface area (Å²) >= 11 is 0. The quantitative estimate of drug-likeness (QED) is 0.473. The number of hydrogen-bond donors (Lipinski definition) is 0. The fourth-order valence-electron chi connectivity index (χ4n) is 0. The van der Waals surface area contributed by atoms with E-state index < -0.39 is 0 Å². The molecule has 5 heavy (non-hydrogen) atoms. The first-order valence-electron chi connectivity index (χ1n) is 0. The third-order valence-corrected chi connectivity index (χ3v) is 0. The van der Waals surface area contributed by atoms with Gasteiger partial charge in [0.25, 0.3) is 0 Å². The van der Waals surface area contributed by atoms with Gasteiger partial charge in [-0.3, -0.25) is 0 Å². The minimum Gasteiger partial charge on any atom is -1.00 e. The van der Waals surface area contributed by atoms with Crippen molar-refractivity contribution in [1.82, 2.24) is 0 Å².